The smallest absolute Gasteiger partial charge is 0.227 e. The molecule has 3 N–H and O–H groups in total. The lowest BCUT2D eigenvalue weighted by Gasteiger charge is -2.30. The number of carbonyl (C=O) groups is 1. The van der Waals surface area contributed by atoms with Gasteiger partial charge in [-0.3, -0.25) is 4.79 Å². The predicted molar refractivity (Wildman–Crippen MR) is 76.9 cm³/mol. The number of hydrogen-bond acceptors (Lipinski definition) is 3. The lowest BCUT2D eigenvalue weighted by molar-refractivity contribution is -0.137. The fourth-order valence-electron chi connectivity index (χ4n) is 3.96. The number of aromatic hydroxyl groups is 1. The molecule has 2 saturated carbocycles. The van der Waals surface area contributed by atoms with Gasteiger partial charge in [0.15, 0.2) is 0 Å². The highest BCUT2D eigenvalue weighted by molar-refractivity contribution is 5.80. The largest absolute Gasteiger partial charge is 0.508 e. The van der Waals surface area contributed by atoms with Crippen molar-refractivity contribution < 1.29 is 9.90 Å². The highest BCUT2D eigenvalue weighted by Gasteiger charge is 2.49. The van der Waals surface area contributed by atoms with Crippen LogP contribution in [-0.4, -0.2) is 29.0 Å². The van der Waals surface area contributed by atoms with Gasteiger partial charge in [0.05, 0.1) is 5.92 Å². The Morgan fingerprint density at radius 3 is 2.80 bits per heavy atom. The Morgan fingerprint density at radius 1 is 1.40 bits per heavy atom. The van der Waals surface area contributed by atoms with Crippen LogP contribution in [0, 0.1) is 17.8 Å². The van der Waals surface area contributed by atoms with Gasteiger partial charge in [0.1, 0.15) is 5.75 Å². The Labute approximate surface area is 119 Å². The maximum absolute atomic E-state index is 12.6. The van der Waals surface area contributed by atoms with Crippen molar-refractivity contribution in [3.8, 4) is 5.75 Å². The fourth-order valence-corrected chi connectivity index (χ4v) is 3.96. The molecule has 2 bridgehead atoms. The molecule has 1 aromatic rings. The molecule has 4 atom stereocenters. The van der Waals surface area contributed by atoms with E-state index in [4.69, 9.17) is 5.73 Å². The summed E-state index contributed by atoms with van der Waals surface area (Å²) in [5.74, 6) is 1.42. The van der Waals surface area contributed by atoms with Crippen molar-refractivity contribution in [2.45, 2.75) is 31.8 Å². The SMILES string of the molecule is CN(Cc1cccc(O)c1)C(=O)C1C2CCC(C2)C1N. The van der Waals surface area contributed by atoms with Gasteiger partial charge in [0, 0.05) is 19.6 Å². The molecule has 0 heterocycles. The second-order valence-electron chi connectivity index (χ2n) is 6.30. The minimum atomic E-state index is -0.00365. The number of phenols is 1. The van der Waals surface area contributed by atoms with Crippen molar-refractivity contribution >= 4 is 5.91 Å². The summed E-state index contributed by atoms with van der Waals surface area (Å²) in [4.78, 5) is 14.4. The maximum Gasteiger partial charge on any atom is 0.227 e. The molecule has 108 valence electrons. The van der Waals surface area contributed by atoms with Crippen LogP contribution in [0.3, 0.4) is 0 Å². The number of phenolic OH excluding ortho intramolecular Hbond substituents is 1. The molecule has 1 aromatic carbocycles. The molecule has 4 nitrogen and oxygen atoms in total. The number of nitrogens with two attached hydrogens (primary N) is 1. The van der Waals surface area contributed by atoms with Crippen LogP contribution in [0.1, 0.15) is 24.8 Å². The quantitative estimate of drug-likeness (QED) is 0.882. The van der Waals surface area contributed by atoms with Crippen LogP contribution >= 0.6 is 0 Å². The van der Waals surface area contributed by atoms with E-state index >= 15 is 0 Å². The topological polar surface area (TPSA) is 66.6 Å². The summed E-state index contributed by atoms with van der Waals surface area (Å²) in [6.07, 6.45) is 3.46. The van der Waals surface area contributed by atoms with Crippen LogP contribution in [0.25, 0.3) is 0 Å². The summed E-state index contributed by atoms with van der Waals surface area (Å²) in [7, 11) is 1.82. The molecule has 0 saturated heterocycles. The van der Waals surface area contributed by atoms with E-state index in [2.05, 4.69) is 0 Å². The Morgan fingerprint density at radius 2 is 2.15 bits per heavy atom. The van der Waals surface area contributed by atoms with Gasteiger partial charge in [-0.05, 0) is 48.8 Å². The third-order valence-electron chi connectivity index (χ3n) is 4.97. The summed E-state index contributed by atoms with van der Waals surface area (Å²) in [5, 5.41) is 9.48. The standard InChI is InChI=1S/C16H22N2O2/c1-18(9-10-3-2-4-13(19)7-10)16(20)14-11-5-6-12(8-11)15(14)17/h2-4,7,11-12,14-15,19H,5-6,8-9,17H2,1H3. The number of amides is 1. The first-order chi connectivity index (χ1) is 9.56. The Hall–Kier alpha value is -1.55. The van der Waals surface area contributed by atoms with Crippen molar-refractivity contribution in [1.82, 2.24) is 4.90 Å². The van der Waals surface area contributed by atoms with Crippen molar-refractivity contribution in [3.05, 3.63) is 29.8 Å². The van der Waals surface area contributed by atoms with Crippen molar-refractivity contribution in [1.29, 1.82) is 0 Å². The molecular weight excluding hydrogens is 252 g/mol. The maximum atomic E-state index is 12.6. The minimum Gasteiger partial charge on any atom is -0.508 e. The molecule has 0 aliphatic heterocycles. The molecule has 4 heteroatoms. The van der Waals surface area contributed by atoms with Crippen LogP contribution in [0.4, 0.5) is 0 Å². The number of rotatable bonds is 3. The molecule has 20 heavy (non-hydrogen) atoms. The molecule has 0 radical (unpaired) electrons. The molecule has 4 unspecified atom stereocenters. The number of benzene rings is 1. The summed E-state index contributed by atoms with van der Waals surface area (Å²) in [6, 6.07) is 7.09. The Kier molecular flexibility index (Phi) is 3.42. The number of fused-ring (bicyclic) bond motifs is 2. The number of carbonyl (C=O) groups excluding carboxylic acids is 1. The first-order valence-corrected chi connectivity index (χ1v) is 7.34. The van der Waals surface area contributed by atoms with Crippen molar-refractivity contribution in [3.63, 3.8) is 0 Å². The van der Waals surface area contributed by atoms with E-state index < -0.39 is 0 Å². The van der Waals surface area contributed by atoms with E-state index in [-0.39, 0.29) is 23.6 Å². The van der Waals surface area contributed by atoms with Crippen molar-refractivity contribution in [2.75, 3.05) is 7.05 Å². The minimum absolute atomic E-state index is 0.00365. The summed E-state index contributed by atoms with van der Waals surface area (Å²) >= 11 is 0. The summed E-state index contributed by atoms with van der Waals surface area (Å²) < 4.78 is 0. The highest BCUT2D eigenvalue weighted by Crippen LogP contribution is 2.48. The first kappa shape index (κ1) is 13.4. The Balaban J connectivity index is 1.68. The zero-order chi connectivity index (χ0) is 14.3. The Bertz CT molecular complexity index is 515. The molecule has 1 amide bonds. The molecular formula is C16H22N2O2. The first-order valence-electron chi connectivity index (χ1n) is 7.34. The van der Waals surface area contributed by atoms with E-state index in [1.807, 2.05) is 13.1 Å². The monoisotopic (exact) mass is 274 g/mol. The van der Waals surface area contributed by atoms with Gasteiger partial charge in [-0.1, -0.05) is 12.1 Å². The van der Waals surface area contributed by atoms with Gasteiger partial charge < -0.3 is 15.7 Å². The summed E-state index contributed by atoms with van der Waals surface area (Å²) in [5.41, 5.74) is 7.18. The predicted octanol–water partition coefficient (Wildman–Crippen LogP) is 1.72. The van der Waals surface area contributed by atoms with Crippen LogP contribution in [-0.2, 0) is 11.3 Å². The third-order valence-corrected chi connectivity index (χ3v) is 4.97. The van der Waals surface area contributed by atoms with Gasteiger partial charge in [-0.25, -0.2) is 0 Å². The van der Waals surface area contributed by atoms with Crippen molar-refractivity contribution in [2.24, 2.45) is 23.5 Å². The van der Waals surface area contributed by atoms with E-state index in [0.717, 1.165) is 18.4 Å². The molecule has 2 aliphatic rings. The van der Waals surface area contributed by atoms with Gasteiger partial charge in [0.2, 0.25) is 5.91 Å². The van der Waals surface area contributed by atoms with Crippen LogP contribution < -0.4 is 5.73 Å². The zero-order valence-corrected chi connectivity index (χ0v) is 11.8. The average molecular weight is 274 g/mol. The molecule has 3 rings (SSSR count). The van der Waals surface area contributed by atoms with E-state index in [1.165, 1.54) is 6.42 Å². The average Bonchev–Trinajstić information content (AvgIpc) is 2.98. The molecule has 2 aliphatic carbocycles. The summed E-state index contributed by atoms with van der Waals surface area (Å²) in [6.45, 7) is 0.522. The van der Waals surface area contributed by atoms with Gasteiger partial charge in [-0.2, -0.15) is 0 Å². The van der Waals surface area contributed by atoms with Gasteiger partial charge >= 0.3 is 0 Å². The van der Waals surface area contributed by atoms with Crippen LogP contribution in [0.5, 0.6) is 5.75 Å². The van der Waals surface area contributed by atoms with E-state index in [1.54, 1.807) is 23.1 Å². The number of hydrogen-bond donors (Lipinski definition) is 2. The van der Waals surface area contributed by atoms with Gasteiger partial charge in [-0.15, -0.1) is 0 Å². The van der Waals surface area contributed by atoms with E-state index in [9.17, 15) is 9.90 Å². The lowest BCUT2D eigenvalue weighted by Crippen LogP contribution is -2.45. The third kappa shape index (κ3) is 2.29. The molecule has 0 aromatic heterocycles. The second kappa shape index (κ2) is 5.09. The highest BCUT2D eigenvalue weighted by atomic mass is 16.3. The fraction of sp³-hybridized carbons (Fsp3) is 0.562. The lowest BCUT2D eigenvalue weighted by atomic mass is 9.84. The molecule has 2 fully saturated rings. The van der Waals surface area contributed by atoms with Crippen LogP contribution in [0.15, 0.2) is 24.3 Å². The zero-order valence-electron chi connectivity index (χ0n) is 11.8. The molecule has 0 spiro atoms. The van der Waals surface area contributed by atoms with E-state index in [0.29, 0.717) is 18.4 Å². The van der Waals surface area contributed by atoms with Crippen LogP contribution in [0.2, 0.25) is 0 Å². The second-order valence-corrected chi connectivity index (χ2v) is 6.30. The van der Waals surface area contributed by atoms with Gasteiger partial charge in [0.25, 0.3) is 0 Å². The normalized spacial score (nSPS) is 31.5. The number of nitrogens with zero attached hydrogens (tertiary/aromatic N) is 1.